The molecular formula is C28H42N6O6S. The number of likely N-dealkylation sites (N-methyl/N-ethyl adjacent to an activating group) is 1. The molecule has 1 aromatic carbocycles. The summed E-state index contributed by atoms with van der Waals surface area (Å²) in [5.74, 6) is 0.0544. The predicted octanol–water partition coefficient (Wildman–Crippen LogP) is 2.34. The van der Waals surface area contributed by atoms with Crippen LogP contribution in [0.25, 0.3) is 0 Å². The molecule has 3 N–H and O–H groups in total. The maximum Gasteiger partial charge on any atom is 0.317 e. The fourth-order valence-corrected chi connectivity index (χ4v) is 6.36. The minimum atomic E-state index is -3.94. The molecule has 0 radical (unpaired) electrons. The number of hydrogen-bond acceptors (Lipinski definition) is 7. The number of rotatable bonds is 8. The highest BCUT2D eigenvalue weighted by atomic mass is 32.2. The van der Waals surface area contributed by atoms with Crippen molar-refractivity contribution < 1.29 is 27.9 Å². The lowest BCUT2D eigenvalue weighted by atomic mass is 9.96. The van der Waals surface area contributed by atoms with Crippen LogP contribution in [0.1, 0.15) is 51.5 Å². The Hall–Kier alpha value is -3.32. The number of aryl methyl sites for hydroxylation is 1. The van der Waals surface area contributed by atoms with Gasteiger partial charge in [0.15, 0.2) is 5.03 Å². The first kappa shape index (κ1) is 30.6. The van der Waals surface area contributed by atoms with E-state index >= 15 is 0 Å². The van der Waals surface area contributed by atoms with E-state index in [1.807, 2.05) is 6.92 Å². The first-order valence-corrected chi connectivity index (χ1v) is 15.7. The number of amides is 3. The van der Waals surface area contributed by atoms with Crippen LogP contribution in [-0.2, 0) is 28.3 Å². The van der Waals surface area contributed by atoms with Gasteiger partial charge in [-0.1, -0.05) is 26.2 Å². The van der Waals surface area contributed by atoms with Crippen molar-refractivity contribution in [2.75, 3.05) is 31.5 Å². The molecule has 3 amide bonds. The normalized spacial score (nSPS) is 21.1. The van der Waals surface area contributed by atoms with Crippen molar-refractivity contribution in [3.8, 4) is 5.75 Å². The van der Waals surface area contributed by atoms with Gasteiger partial charge < -0.3 is 29.5 Å². The lowest BCUT2D eigenvalue weighted by molar-refractivity contribution is -0.134. The molecular weight excluding hydrogens is 548 g/mol. The maximum absolute atomic E-state index is 13.4. The Morgan fingerprint density at radius 1 is 1.27 bits per heavy atom. The summed E-state index contributed by atoms with van der Waals surface area (Å²) < 4.78 is 36.3. The predicted molar refractivity (Wildman–Crippen MR) is 154 cm³/mol. The van der Waals surface area contributed by atoms with E-state index in [0.717, 1.165) is 25.7 Å². The highest BCUT2D eigenvalue weighted by molar-refractivity contribution is 7.92. The van der Waals surface area contributed by atoms with E-state index < -0.39 is 22.2 Å². The molecule has 1 saturated carbocycles. The summed E-state index contributed by atoms with van der Waals surface area (Å²) in [7, 11) is -0.534. The molecule has 2 heterocycles. The van der Waals surface area contributed by atoms with Gasteiger partial charge in [-0.05, 0) is 38.0 Å². The number of carbonyl (C=O) groups is 2. The van der Waals surface area contributed by atoms with Gasteiger partial charge in [0, 0.05) is 50.0 Å². The molecule has 4 rings (SSSR count). The van der Waals surface area contributed by atoms with Crippen LogP contribution in [0.4, 0.5) is 10.5 Å². The molecule has 0 unspecified atom stereocenters. The fourth-order valence-electron chi connectivity index (χ4n) is 5.33. The highest BCUT2D eigenvalue weighted by Crippen LogP contribution is 2.30. The first-order chi connectivity index (χ1) is 19.5. The Morgan fingerprint density at radius 2 is 2.00 bits per heavy atom. The van der Waals surface area contributed by atoms with Gasteiger partial charge in [-0.2, -0.15) is 8.42 Å². The molecule has 41 heavy (non-hydrogen) atoms. The van der Waals surface area contributed by atoms with Crippen LogP contribution in [0, 0.1) is 5.92 Å². The van der Waals surface area contributed by atoms with Crippen molar-refractivity contribution in [3.05, 3.63) is 36.3 Å². The Kier molecular flexibility index (Phi) is 9.80. The number of benzene rings is 1. The Labute approximate surface area is 242 Å². The summed E-state index contributed by atoms with van der Waals surface area (Å²) in [6.45, 7) is 4.15. The number of aliphatic hydroxyl groups is 1. The zero-order chi connectivity index (χ0) is 29.7. The smallest absolute Gasteiger partial charge is 0.317 e. The van der Waals surface area contributed by atoms with E-state index in [-0.39, 0.29) is 54.2 Å². The quantitative estimate of drug-likeness (QED) is 0.428. The molecule has 0 saturated heterocycles. The second kappa shape index (κ2) is 13.1. The summed E-state index contributed by atoms with van der Waals surface area (Å²) >= 11 is 0. The fraction of sp³-hybridized carbons (Fsp3) is 0.607. The van der Waals surface area contributed by atoms with E-state index in [1.54, 1.807) is 49.0 Å². The lowest BCUT2D eigenvalue weighted by Gasteiger charge is -2.34. The Balaban J connectivity index is 1.59. The number of aliphatic hydroxyl groups excluding tert-OH is 1. The Bertz CT molecular complexity index is 1330. The van der Waals surface area contributed by atoms with Crippen LogP contribution >= 0.6 is 0 Å². The van der Waals surface area contributed by atoms with Gasteiger partial charge >= 0.3 is 6.03 Å². The third-order valence-electron chi connectivity index (χ3n) is 7.86. The Morgan fingerprint density at radius 3 is 2.66 bits per heavy atom. The second-order valence-electron chi connectivity index (χ2n) is 11.4. The third-order valence-corrected chi connectivity index (χ3v) is 9.12. The van der Waals surface area contributed by atoms with Crippen LogP contribution in [0.3, 0.4) is 0 Å². The van der Waals surface area contributed by atoms with Crippen molar-refractivity contribution >= 4 is 27.6 Å². The number of aromatic nitrogens is 2. The van der Waals surface area contributed by atoms with Gasteiger partial charge in [0.1, 0.15) is 11.9 Å². The van der Waals surface area contributed by atoms with Gasteiger partial charge in [0.2, 0.25) is 5.91 Å². The zero-order valence-electron chi connectivity index (χ0n) is 24.2. The van der Waals surface area contributed by atoms with Gasteiger partial charge in [0.05, 0.1) is 31.9 Å². The van der Waals surface area contributed by atoms with Crippen LogP contribution < -0.4 is 14.8 Å². The molecule has 2 aromatic rings. The summed E-state index contributed by atoms with van der Waals surface area (Å²) in [6.07, 6.45) is 7.66. The molecule has 1 aromatic heterocycles. The summed E-state index contributed by atoms with van der Waals surface area (Å²) in [4.78, 5) is 33.6. The SMILES string of the molecule is C[C@@H]1CN([C@H](C)CO)C(=O)Cc2cc(NS(=O)(=O)c3cn(C)cn3)ccc2O[C@@H]1CN(C)C(=O)NC1CCCCC1. The van der Waals surface area contributed by atoms with Crippen molar-refractivity contribution in [1.29, 1.82) is 0 Å². The molecule has 1 aliphatic carbocycles. The van der Waals surface area contributed by atoms with E-state index in [4.69, 9.17) is 4.74 Å². The standard InChI is InChI=1S/C28H42N6O6S/c1-19-14-34(20(2)17-35)27(36)13-21-12-23(31-41(38,39)26-16-32(3)18-29-26)10-11-24(21)40-25(19)15-33(4)28(37)30-22-8-6-5-7-9-22/h10-12,16,18-20,22,25,31,35H,5-9,13-15,17H2,1-4H3,(H,30,37)/t19-,20-,25-/m1/s1. The minimum Gasteiger partial charge on any atom is -0.488 e. The molecule has 1 fully saturated rings. The van der Waals surface area contributed by atoms with E-state index in [9.17, 15) is 23.1 Å². The summed E-state index contributed by atoms with van der Waals surface area (Å²) in [5, 5.41) is 12.9. The number of ether oxygens (including phenoxy) is 1. The number of sulfonamides is 1. The number of nitrogens with zero attached hydrogens (tertiary/aromatic N) is 4. The molecule has 12 nitrogen and oxygen atoms in total. The minimum absolute atomic E-state index is 0.0454. The van der Waals surface area contributed by atoms with Gasteiger partial charge in [-0.3, -0.25) is 9.52 Å². The summed E-state index contributed by atoms with van der Waals surface area (Å²) in [6, 6.07) is 4.39. The first-order valence-electron chi connectivity index (χ1n) is 14.2. The second-order valence-corrected chi connectivity index (χ2v) is 13.0. The number of fused-ring (bicyclic) bond motifs is 1. The van der Waals surface area contributed by atoms with E-state index in [1.165, 1.54) is 23.5 Å². The van der Waals surface area contributed by atoms with Crippen LogP contribution in [-0.4, -0.2) is 89.7 Å². The van der Waals surface area contributed by atoms with E-state index in [2.05, 4.69) is 15.0 Å². The molecule has 0 spiro atoms. The zero-order valence-corrected chi connectivity index (χ0v) is 25.1. The van der Waals surface area contributed by atoms with Gasteiger partial charge in [0.25, 0.3) is 10.0 Å². The molecule has 3 atom stereocenters. The number of imidazole rings is 1. The van der Waals surface area contributed by atoms with Crippen molar-refractivity contribution in [1.82, 2.24) is 24.7 Å². The summed E-state index contributed by atoms with van der Waals surface area (Å²) in [5.41, 5.74) is 0.764. The molecule has 226 valence electrons. The third kappa shape index (κ3) is 7.70. The number of carbonyl (C=O) groups excluding carboxylic acids is 2. The topological polar surface area (TPSA) is 146 Å². The lowest BCUT2D eigenvalue weighted by Crippen LogP contribution is -2.50. The van der Waals surface area contributed by atoms with E-state index in [0.29, 0.717) is 17.9 Å². The molecule has 0 bridgehead atoms. The van der Waals surface area contributed by atoms with Gasteiger partial charge in [-0.25, -0.2) is 9.78 Å². The molecule has 2 aliphatic rings. The average Bonchev–Trinajstić information content (AvgIpc) is 3.40. The largest absolute Gasteiger partial charge is 0.488 e. The van der Waals surface area contributed by atoms with Crippen molar-refractivity contribution in [2.45, 2.75) is 75.6 Å². The number of anilines is 1. The van der Waals surface area contributed by atoms with Gasteiger partial charge in [-0.15, -0.1) is 0 Å². The maximum atomic E-state index is 13.4. The van der Waals surface area contributed by atoms with Crippen LogP contribution in [0.15, 0.2) is 35.7 Å². The monoisotopic (exact) mass is 590 g/mol. The van der Waals surface area contributed by atoms with Crippen LogP contribution in [0.5, 0.6) is 5.75 Å². The molecule has 13 heteroatoms. The number of hydrogen-bond donors (Lipinski definition) is 3. The average molecular weight is 591 g/mol. The highest BCUT2D eigenvalue weighted by Gasteiger charge is 2.32. The molecule has 1 aliphatic heterocycles. The number of urea groups is 1. The van der Waals surface area contributed by atoms with Crippen LogP contribution in [0.2, 0.25) is 0 Å². The van der Waals surface area contributed by atoms with Crippen molar-refractivity contribution in [3.63, 3.8) is 0 Å². The van der Waals surface area contributed by atoms with Crippen molar-refractivity contribution in [2.24, 2.45) is 13.0 Å². The number of nitrogens with one attached hydrogen (secondary N) is 2.